The van der Waals surface area contributed by atoms with Crippen molar-refractivity contribution in [2.24, 2.45) is 0 Å². The first kappa shape index (κ1) is 17.4. The standard InChI is InChI=1S/C15H11Cl3N4O/c16-3-4-22-9-10(8-20-22)5-11(7-19)15(23)21-14-6-12(17)1-2-13(14)18/h1-2,5-6,8-9H,3-4H2,(H,21,23)/b11-5-. The van der Waals surface area contributed by atoms with Crippen molar-refractivity contribution in [1.29, 1.82) is 5.26 Å². The normalized spacial score (nSPS) is 11.1. The van der Waals surface area contributed by atoms with E-state index in [0.717, 1.165) is 0 Å². The van der Waals surface area contributed by atoms with Crippen LogP contribution in [0.1, 0.15) is 5.56 Å². The minimum Gasteiger partial charge on any atom is -0.320 e. The number of nitrogens with zero attached hydrogens (tertiary/aromatic N) is 3. The minimum absolute atomic E-state index is 0.0773. The number of nitrogens with one attached hydrogen (secondary N) is 1. The van der Waals surface area contributed by atoms with Gasteiger partial charge in [-0.3, -0.25) is 9.48 Å². The van der Waals surface area contributed by atoms with E-state index >= 15 is 0 Å². The summed E-state index contributed by atoms with van der Waals surface area (Å²) in [5.41, 5.74) is 0.883. The second-order valence-electron chi connectivity index (χ2n) is 4.47. The highest BCUT2D eigenvalue weighted by Crippen LogP contribution is 2.25. The Morgan fingerprint density at radius 3 is 2.91 bits per heavy atom. The molecule has 0 radical (unpaired) electrons. The van der Waals surface area contributed by atoms with E-state index in [1.807, 2.05) is 6.07 Å². The molecular weight excluding hydrogens is 359 g/mol. The molecule has 0 unspecified atom stereocenters. The number of aromatic nitrogens is 2. The molecule has 1 N–H and O–H groups in total. The van der Waals surface area contributed by atoms with Crippen molar-refractivity contribution >= 4 is 52.5 Å². The molecule has 0 fully saturated rings. The molecule has 2 rings (SSSR count). The highest BCUT2D eigenvalue weighted by atomic mass is 35.5. The van der Waals surface area contributed by atoms with Gasteiger partial charge in [-0.2, -0.15) is 10.4 Å². The van der Waals surface area contributed by atoms with Gasteiger partial charge in [-0.1, -0.05) is 23.2 Å². The lowest BCUT2D eigenvalue weighted by Crippen LogP contribution is -2.13. The Kier molecular flexibility index (Phi) is 6.05. The van der Waals surface area contributed by atoms with E-state index in [-0.39, 0.29) is 5.57 Å². The van der Waals surface area contributed by atoms with Gasteiger partial charge in [-0.15, -0.1) is 11.6 Å². The van der Waals surface area contributed by atoms with Gasteiger partial charge in [0.2, 0.25) is 0 Å². The van der Waals surface area contributed by atoms with Gasteiger partial charge >= 0.3 is 0 Å². The summed E-state index contributed by atoms with van der Waals surface area (Å²) in [5, 5.41) is 16.6. The summed E-state index contributed by atoms with van der Waals surface area (Å²) in [7, 11) is 0. The second kappa shape index (κ2) is 8.02. The summed E-state index contributed by atoms with van der Waals surface area (Å²) in [6.45, 7) is 0.543. The molecule has 1 aromatic carbocycles. The van der Waals surface area contributed by atoms with E-state index in [4.69, 9.17) is 34.8 Å². The first-order valence-corrected chi connectivity index (χ1v) is 7.79. The summed E-state index contributed by atoms with van der Waals surface area (Å²) in [6.07, 6.45) is 4.68. The number of nitriles is 1. The molecule has 8 heteroatoms. The van der Waals surface area contributed by atoms with Gasteiger partial charge in [0.05, 0.1) is 23.5 Å². The Morgan fingerprint density at radius 2 is 2.22 bits per heavy atom. The van der Waals surface area contributed by atoms with Crippen molar-refractivity contribution in [1.82, 2.24) is 9.78 Å². The van der Waals surface area contributed by atoms with Crippen molar-refractivity contribution in [3.8, 4) is 6.07 Å². The van der Waals surface area contributed by atoms with Crippen LogP contribution in [-0.2, 0) is 11.3 Å². The summed E-state index contributed by atoms with van der Waals surface area (Å²) in [4.78, 5) is 12.2. The maximum absolute atomic E-state index is 12.2. The topological polar surface area (TPSA) is 70.7 Å². The van der Waals surface area contributed by atoms with Crippen molar-refractivity contribution in [3.05, 3.63) is 51.8 Å². The van der Waals surface area contributed by atoms with Gasteiger partial charge in [-0.25, -0.2) is 0 Å². The number of hydrogen-bond donors (Lipinski definition) is 1. The molecule has 0 saturated heterocycles. The molecule has 2 aromatic rings. The Labute approximate surface area is 148 Å². The number of alkyl halides is 1. The molecule has 1 aromatic heterocycles. The van der Waals surface area contributed by atoms with Crippen LogP contribution in [0.5, 0.6) is 0 Å². The highest BCUT2D eigenvalue weighted by molar-refractivity contribution is 6.36. The second-order valence-corrected chi connectivity index (χ2v) is 5.70. The van der Waals surface area contributed by atoms with E-state index in [1.165, 1.54) is 12.1 Å². The molecule has 1 amide bonds. The summed E-state index contributed by atoms with van der Waals surface area (Å²) in [5.74, 6) is -0.161. The van der Waals surface area contributed by atoms with Crippen LogP contribution in [-0.4, -0.2) is 21.6 Å². The highest BCUT2D eigenvalue weighted by Gasteiger charge is 2.12. The van der Waals surface area contributed by atoms with E-state index in [9.17, 15) is 10.1 Å². The number of carbonyl (C=O) groups is 1. The number of benzene rings is 1. The molecule has 23 heavy (non-hydrogen) atoms. The molecule has 0 aliphatic heterocycles. The zero-order valence-electron chi connectivity index (χ0n) is 11.8. The fraction of sp³-hybridized carbons (Fsp3) is 0.133. The van der Waals surface area contributed by atoms with Gasteiger partial charge in [0.1, 0.15) is 11.6 Å². The molecule has 0 bridgehead atoms. The van der Waals surface area contributed by atoms with Crippen LogP contribution in [0.3, 0.4) is 0 Å². The third kappa shape index (κ3) is 4.73. The van der Waals surface area contributed by atoms with Crippen molar-refractivity contribution in [3.63, 3.8) is 0 Å². The SMILES string of the molecule is N#C/C(=C/c1cnn(CCCl)c1)C(=O)Nc1cc(Cl)ccc1Cl. The molecule has 0 atom stereocenters. The molecule has 0 aliphatic carbocycles. The molecule has 0 aliphatic rings. The van der Waals surface area contributed by atoms with Crippen LogP contribution in [0.15, 0.2) is 36.2 Å². The van der Waals surface area contributed by atoms with E-state index in [2.05, 4.69) is 10.4 Å². The maximum Gasteiger partial charge on any atom is 0.266 e. The number of hydrogen-bond acceptors (Lipinski definition) is 3. The van der Waals surface area contributed by atoms with Gasteiger partial charge in [0, 0.05) is 22.7 Å². The Balaban J connectivity index is 2.19. The van der Waals surface area contributed by atoms with E-state index < -0.39 is 5.91 Å². The summed E-state index contributed by atoms with van der Waals surface area (Å²) in [6, 6.07) is 6.53. The molecule has 5 nitrogen and oxygen atoms in total. The summed E-state index contributed by atoms with van der Waals surface area (Å²) >= 11 is 17.5. The van der Waals surface area contributed by atoms with Crippen LogP contribution < -0.4 is 5.32 Å². The predicted molar refractivity (Wildman–Crippen MR) is 91.6 cm³/mol. The smallest absolute Gasteiger partial charge is 0.266 e. The molecule has 1 heterocycles. The largest absolute Gasteiger partial charge is 0.320 e. The lowest BCUT2D eigenvalue weighted by molar-refractivity contribution is -0.112. The first-order valence-electron chi connectivity index (χ1n) is 6.50. The molecule has 0 spiro atoms. The van der Waals surface area contributed by atoms with Crippen LogP contribution in [0.4, 0.5) is 5.69 Å². The Morgan fingerprint density at radius 1 is 1.43 bits per heavy atom. The Bertz CT molecular complexity index is 792. The summed E-state index contributed by atoms with van der Waals surface area (Å²) < 4.78 is 1.62. The van der Waals surface area contributed by atoms with Crippen molar-refractivity contribution in [2.45, 2.75) is 6.54 Å². The third-order valence-corrected chi connectivity index (χ3v) is 3.55. The number of halogens is 3. The first-order chi connectivity index (χ1) is 11.0. The fourth-order valence-electron chi connectivity index (χ4n) is 1.76. The van der Waals surface area contributed by atoms with Gasteiger partial charge in [0.25, 0.3) is 5.91 Å². The van der Waals surface area contributed by atoms with E-state index in [0.29, 0.717) is 33.7 Å². The van der Waals surface area contributed by atoms with Crippen LogP contribution in [0.25, 0.3) is 6.08 Å². The molecule has 0 saturated carbocycles. The average Bonchev–Trinajstić information content (AvgIpc) is 2.96. The minimum atomic E-state index is -0.582. The van der Waals surface area contributed by atoms with Crippen LogP contribution in [0, 0.1) is 11.3 Å². The van der Waals surface area contributed by atoms with Crippen LogP contribution in [0.2, 0.25) is 10.0 Å². The monoisotopic (exact) mass is 368 g/mol. The van der Waals surface area contributed by atoms with Crippen molar-refractivity contribution in [2.75, 3.05) is 11.2 Å². The number of amides is 1. The number of carbonyl (C=O) groups excluding carboxylic acids is 1. The van der Waals surface area contributed by atoms with E-state index in [1.54, 1.807) is 29.2 Å². The zero-order valence-corrected chi connectivity index (χ0v) is 14.0. The number of aryl methyl sites for hydroxylation is 1. The lowest BCUT2D eigenvalue weighted by atomic mass is 10.2. The lowest BCUT2D eigenvalue weighted by Gasteiger charge is -2.06. The maximum atomic E-state index is 12.2. The molecule has 118 valence electrons. The molecular formula is C15H11Cl3N4O. The fourth-order valence-corrected chi connectivity index (χ4v) is 2.27. The Hall–Kier alpha value is -2.00. The van der Waals surface area contributed by atoms with Gasteiger partial charge in [0.15, 0.2) is 0 Å². The average molecular weight is 370 g/mol. The van der Waals surface area contributed by atoms with Gasteiger partial charge in [-0.05, 0) is 24.3 Å². The van der Waals surface area contributed by atoms with Gasteiger partial charge < -0.3 is 5.32 Å². The number of rotatable bonds is 5. The quantitative estimate of drug-likeness (QED) is 0.492. The zero-order chi connectivity index (χ0) is 16.8. The third-order valence-electron chi connectivity index (χ3n) is 2.82. The van der Waals surface area contributed by atoms with Crippen LogP contribution >= 0.6 is 34.8 Å². The predicted octanol–water partition coefficient (Wildman–Crippen LogP) is 3.97. The van der Waals surface area contributed by atoms with Crippen molar-refractivity contribution < 1.29 is 4.79 Å². The number of anilines is 1.